The lowest BCUT2D eigenvalue weighted by Gasteiger charge is -2.10. The number of nitrogens with one attached hydrogen (secondary N) is 1. The highest BCUT2D eigenvalue weighted by atomic mass is 15.1. The predicted octanol–water partition coefficient (Wildman–Crippen LogP) is 3.63. The summed E-state index contributed by atoms with van der Waals surface area (Å²) in [7, 11) is 0. The number of guanidine groups is 1. The Morgan fingerprint density at radius 3 is 2.73 bits per heavy atom. The zero-order valence-corrected chi connectivity index (χ0v) is 15.3. The highest BCUT2D eigenvalue weighted by Gasteiger charge is 2.03. The van der Waals surface area contributed by atoms with E-state index >= 15 is 0 Å². The second-order valence-corrected chi connectivity index (χ2v) is 6.48. The Balaban J connectivity index is 1.64. The van der Waals surface area contributed by atoms with Gasteiger partial charge in [-0.2, -0.15) is 0 Å². The van der Waals surface area contributed by atoms with Crippen molar-refractivity contribution >= 4 is 11.6 Å². The van der Waals surface area contributed by atoms with E-state index in [0.717, 1.165) is 22.9 Å². The van der Waals surface area contributed by atoms with Crippen LogP contribution in [0.15, 0.2) is 60.0 Å². The van der Waals surface area contributed by atoms with Crippen LogP contribution in [0.4, 0.5) is 5.69 Å². The number of anilines is 1. The fourth-order valence-electron chi connectivity index (χ4n) is 2.61. The molecule has 6 heteroatoms. The minimum absolute atomic E-state index is 0.389. The molecule has 0 bridgehead atoms. The van der Waals surface area contributed by atoms with Gasteiger partial charge in [0.25, 0.3) is 0 Å². The summed E-state index contributed by atoms with van der Waals surface area (Å²) < 4.78 is 1.94. The lowest BCUT2D eigenvalue weighted by Crippen LogP contribution is -2.22. The van der Waals surface area contributed by atoms with Gasteiger partial charge in [0.15, 0.2) is 5.96 Å². The maximum Gasteiger partial charge on any atom is 0.193 e. The first-order chi connectivity index (χ1) is 12.5. The largest absolute Gasteiger partial charge is 0.370 e. The van der Waals surface area contributed by atoms with E-state index in [4.69, 9.17) is 5.73 Å². The fourth-order valence-corrected chi connectivity index (χ4v) is 2.61. The van der Waals surface area contributed by atoms with Gasteiger partial charge in [0.05, 0.1) is 6.54 Å². The molecule has 1 aromatic carbocycles. The molecular formula is C20H24N6. The van der Waals surface area contributed by atoms with Crippen molar-refractivity contribution in [3.63, 3.8) is 0 Å². The molecule has 0 saturated heterocycles. The molecule has 0 unspecified atom stereocenters. The quantitative estimate of drug-likeness (QED) is 0.545. The molecular weight excluding hydrogens is 324 g/mol. The van der Waals surface area contributed by atoms with Crippen LogP contribution in [0.2, 0.25) is 0 Å². The molecule has 0 aliphatic heterocycles. The second kappa shape index (κ2) is 7.82. The summed E-state index contributed by atoms with van der Waals surface area (Å²) in [6.07, 6.45) is 5.46. The van der Waals surface area contributed by atoms with Gasteiger partial charge in [-0.05, 0) is 42.2 Å². The third-order valence-corrected chi connectivity index (χ3v) is 4.14. The molecule has 134 valence electrons. The number of hydrogen-bond acceptors (Lipinski definition) is 3. The van der Waals surface area contributed by atoms with E-state index in [1.165, 1.54) is 5.56 Å². The summed E-state index contributed by atoms with van der Waals surface area (Å²) in [5.74, 6) is 2.60. The van der Waals surface area contributed by atoms with Crippen LogP contribution in [-0.4, -0.2) is 20.5 Å². The van der Waals surface area contributed by atoms with Gasteiger partial charge in [-0.15, -0.1) is 0 Å². The summed E-state index contributed by atoms with van der Waals surface area (Å²) in [6, 6.07) is 12.2. The van der Waals surface area contributed by atoms with Crippen molar-refractivity contribution in [2.75, 3.05) is 5.32 Å². The summed E-state index contributed by atoms with van der Waals surface area (Å²) >= 11 is 0. The topological polar surface area (TPSA) is 81.1 Å². The van der Waals surface area contributed by atoms with Gasteiger partial charge in [-0.25, -0.2) is 15.0 Å². The monoisotopic (exact) mass is 348 g/mol. The molecule has 3 aromatic rings. The minimum Gasteiger partial charge on any atom is -0.370 e. The van der Waals surface area contributed by atoms with Gasteiger partial charge in [-0.1, -0.05) is 32.0 Å². The Morgan fingerprint density at radius 2 is 2.08 bits per heavy atom. The first-order valence-electron chi connectivity index (χ1n) is 8.65. The second-order valence-electron chi connectivity index (χ2n) is 6.48. The number of nitrogens with two attached hydrogens (primary N) is 1. The van der Waals surface area contributed by atoms with Crippen molar-refractivity contribution in [3.05, 3.63) is 71.9 Å². The molecule has 2 heterocycles. The average Bonchev–Trinajstić information content (AvgIpc) is 3.06. The van der Waals surface area contributed by atoms with Crippen molar-refractivity contribution < 1.29 is 0 Å². The zero-order chi connectivity index (χ0) is 18.5. The number of rotatable bonds is 5. The molecule has 3 rings (SSSR count). The molecule has 0 spiro atoms. The molecule has 26 heavy (non-hydrogen) atoms. The standard InChI is InChI=1S/C20H24N6/c1-14(2)17-5-4-6-18(11-17)25-20(21)24-13-16-7-8-19(23-12-16)26-10-9-22-15(26)3/h4-12,14H,13H2,1-3H3,(H3,21,24,25). The van der Waals surface area contributed by atoms with Crippen LogP contribution in [0.25, 0.3) is 5.82 Å². The molecule has 0 aliphatic rings. The number of hydrogen-bond donors (Lipinski definition) is 2. The maximum atomic E-state index is 6.01. The van der Waals surface area contributed by atoms with E-state index < -0.39 is 0 Å². The Hall–Kier alpha value is -3.15. The van der Waals surface area contributed by atoms with Crippen LogP contribution >= 0.6 is 0 Å². The van der Waals surface area contributed by atoms with E-state index in [1.54, 1.807) is 6.20 Å². The SMILES string of the molecule is Cc1nccn1-c1ccc(CN=C(N)Nc2cccc(C(C)C)c2)cn1. The Labute approximate surface area is 153 Å². The van der Waals surface area contributed by atoms with Crippen LogP contribution in [0, 0.1) is 6.92 Å². The van der Waals surface area contributed by atoms with Gasteiger partial charge in [0.1, 0.15) is 11.6 Å². The van der Waals surface area contributed by atoms with E-state index in [0.29, 0.717) is 18.4 Å². The molecule has 2 aromatic heterocycles. The van der Waals surface area contributed by atoms with Crippen LogP contribution in [-0.2, 0) is 6.54 Å². The van der Waals surface area contributed by atoms with Crippen LogP contribution in [0.3, 0.4) is 0 Å². The first kappa shape index (κ1) is 17.7. The summed E-state index contributed by atoms with van der Waals surface area (Å²) in [6.45, 7) is 6.75. The highest BCUT2D eigenvalue weighted by molar-refractivity contribution is 5.92. The lowest BCUT2D eigenvalue weighted by molar-refractivity contribution is 0.867. The number of nitrogens with zero attached hydrogens (tertiary/aromatic N) is 4. The number of aliphatic imine (C=N–C) groups is 1. The number of pyridine rings is 1. The van der Waals surface area contributed by atoms with E-state index in [-0.39, 0.29) is 0 Å². The van der Waals surface area contributed by atoms with Crippen LogP contribution < -0.4 is 11.1 Å². The molecule has 3 N–H and O–H groups in total. The van der Waals surface area contributed by atoms with E-state index in [9.17, 15) is 0 Å². The maximum absolute atomic E-state index is 6.01. The van der Waals surface area contributed by atoms with Gasteiger partial charge in [0.2, 0.25) is 0 Å². The average molecular weight is 348 g/mol. The van der Waals surface area contributed by atoms with Crippen molar-refractivity contribution in [2.45, 2.75) is 33.2 Å². The number of aromatic nitrogens is 3. The fraction of sp³-hybridized carbons (Fsp3) is 0.250. The van der Waals surface area contributed by atoms with E-state index in [1.807, 2.05) is 48.1 Å². The summed E-state index contributed by atoms with van der Waals surface area (Å²) in [5, 5.41) is 3.14. The van der Waals surface area contributed by atoms with Crippen LogP contribution in [0.1, 0.15) is 36.7 Å². The summed E-state index contributed by atoms with van der Waals surface area (Å²) in [5.41, 5.74) is 9.21. The number of benzene rings is 1. The molecule has 0 fully saturated rings. The highest BCUT2D eigenvalue weighted by Crippen LogP contribution is 2.18. The molecule has 0 radical (unpaired) electrons. The third kappa shape index (κ3) is 4.27. The Bertz CT molecular complexity index is 893. The minimum atomic E-state index is 0.389. The molecule has 6 nitrogen and oxygen atoms in total. The van der Waals surface area contributed by atoms with Crippen molar-refractivity contribution in [2.24, 2.45) is 10.7 Å². The lowest BCUT2D eigenvalue weighted by atomic mass is 10.0. The van der Waals surface area contributed by atoms with Crippen LogP contribution in [0.5, 0.6) is 0 Å². The van der Waals surface area contributed by atoms with E-state index in [2.05, 4.69) is 46.3 Å². The van der Waals surface area contributed by atoms with Gasteiger partial charge < -0.3 is 11.1 Å². The third-order valence-electron chi connectivity index (χ3n) is 4.14. The zero-order valence-electron chi connectivity index (χ0n) is 15.3. The Morgan fingerprint density at radius 1 is 1.23 bits per heavy atom. The van der Waals surface area contributed by atoms with Crippen molar-refractivity contribution in [1.29, 1.82) is 0 Å². The van der Waals surface area contributed by atoms with Crippen molar-refractivity contribution in [1.82, 2.24) is 14.5 Å². The molecule has 0 aliphatic carbocycles. The first-order valence-corrected chi connectivity index (χ1v) is 8.65. The Kier molecular flexibility index (Phi) is 5.31. The predicted molar refractivity (Wildman–Crippen MR) is 106 cm³/mol. The normalized spacial score (nSPS) is 11.8. The number of imidazole rings is 1. The summed E-state index contributed by atoms with van der Waals surface area (Å²) in [4.78, 5) is 13.1. The van der Waals surface area contributed by atoms with Gasteiger partial charge in [0, 0.05) is 24.3 Å². The molecule has 0 amide bonds. The van der Waals surface area contributed by atoms with Gasteiger partial charge in [-0.3, -0.25) is 4.57 Å². The molecule has 0 atom stereocenters. The molecule has 0 saturated carbocycles. The smallest absolute Gasteiger partial charge is 0.193 e. The number of aryl methyl sites for hydroxylation is 1. The van der Waals surface area contributed by atoms with Gasteiger partial charge >= 0.3 is 0 Å². The van der Waals surface area contributed by atoms with Crippen molar-refractivity contribution in [3.8, 4) is 5.82 Å².